The van der Waals surface area contributed by atoms with Crippen molar-refractivity contribution in [2.24, 2.45) is 0 Å². The molecule has 0 radical (unpaired) electrons. The number of hydrogen-bond acceptors (Lipinski definition) is 3. The Kier molecular flexibility index (Phi) is 11.3. The maximum absolute atomic E-state index is 13.8. The fourth-order valence-electron chi connectivity index (χ4n) is 4.73. The summed E-state index contributed by atoms with van der Waals surface area (Å²) >= 11 is 26.3. The first-order chi connectivity index (χ1) is 18.8. The van der Waals surface area contributed by atoms with Crippen LogP contribution in [-0.2, 0) is 28.3 Å². The summed E-state index contributed by atoms with van der Waals surface area (Å²) in [6.07, 6.45) is 4.53. The molecular formula is C30H30Cl4N2O2S. The summed E-state index contributed by atoms with van der Waals surface area (Å²) in [5.74, 6) is 0.450. The molecule has 39 heavy (non-hydrogen) atoms. The van der Waals surface area contributed by atoms with Gasteiger partial charge in [0.2, 0.25) is 11.8 Å². The van der Waals surface area contributed by atoms with Crippen LogP contribution in [0.2, 0.25) is 20.1 Å². The number of hydrogen-bond donors (Lipinski definition) is 1. The third-order valence-corrected chi connectivity index (χ3v) is 9.10. The Balaban J connectivity index is 1.58. The highest BCUT2D eigenvalue weighted by Crippen LogP contribution is 2.27. The number of rotatable bonds is 11. The lowest BCUT2D eigenvalue weighted by atomic mass is 10.0. The number of carbonyl (C=O) groups is 2. The van der Waals surface area contributed by atoms with Crippen molar-refractivity contribution >= 4 is 70.0 Å². The normalized spacial score (nSPS) is 14.3. The van der Waals surface area contributed by atoms with Gasteiger partial charge in [0, 0.05) is 34.8 Å². The van der Waals surface area contributed by atoms with Gasteiger partial charge in [0.25, 0.3) is 0 Å². The molecule has 3 aromatic rings. The predicted molar refractivity (Wildman–Crippen MR) is 164 cm³/mol. The van der Waals surface area contributed by atoms with Gasteiger partial charge in [0.1, 0.15) is 6.04 Å². The van der Waals surface area contributed by atoms with E-state index in [1.54, 1.807) is 29.2 Å². The molecule has 0 aliphatic heterocycles. The lowest BCUT2D eigenvalue weighted by Gasteiger charge is -2.32. The Hall–Kier alpha value is -1.89. The summed E-state index contributed by atoms with van der Waals surface area (Å²) in [4.78, 5) is 29.2. The monoisotopic (exact) mass is 622 g/mol. The lowest BCUT2D eigenvalue weighted by molar-refractivity contribution is -0.139. The predicted octanol–water partition coefficient (Wildman–Crippen LogP) is 8.23. The number of thioether (sulfide) groups is 1. The van der Waals surface area contributed by atoms with E-state index >= 15 is 0 Å². The summed E-state index contributed by atoms with van der Waals surface area (Å²) in [5, 5.41) is 5.19. The van der Waals surface area contributed by atoms with Crippen LogP contribution in [0.3, 0.4) is 0 Å². The van der Waals surface area contributed by atoms with E-state index in [0.29, 0.717) is 32.3 Å². The van der Waals surface area contributed by atoms with Crippen molar-refractivity contribution in [3.05, 3.63) is 104 Å². The van der Waals surface area contributed by atoms with Gasteiger partial charge < -0.3 is 10.2 Å². The van der Waals surface area contributed by atoms with Crippen LogP contribution in [0.1, 0.15) is 42.4 Å². The van der Waals surface area contributed by atoms with Crippen molar-refractivity contribution in [3.8, 4) is 0 Å². The summed E-state index contributed by atoms with van der Waals surface area (Å²) in [7, 11) is 0. The van der Waals surface area contributed by atoms with Gasteiger partial charge in [-0.3, -0.25) is 9.59 Å². The van der Waals surface area contributed by atoms with Crippen LogP contribution in [0.4, 0.5) is 0 Å². The van der Waals surface area contributed by atoms with Crippen molar-refractivity contribution in [2.45, 2.75) is 56.5 Å². The van der Waals surface area contributed by atoms with E-state index in [-0.39, 0.29) is 30.2 Å². The Morgan fingerprint density at radius 3 is 2.31 bits per heavy atom. The highest BCUT2D eigenvalue weighted by atomic mass is 35.5. The topological polar surface area (TPSA) is 49.4 Å². The number of halogens is 4. The fourth-order valence-corrected chi connectivity index (χ4v) is 6.52. The third-order valence-electron chi connectivity index (χ3n) is 6.81. The molecule has 2 amide bonds. The zero-order valence-corrected chi connectivity index (χ0v) is 25.2. The quantitative estimate of drug-likeness (QED) is 0.234. The third kappa shape index (κ3) is 8.80. The molecule has 1 fully saturated rings. The second kappa shape index (κ2) is 14.7. The van der Waals surface area contributed by atoms with Gasteiger partial charge in [-0.2, -0.15) is 0 Å². The molecule has 206 valence electrons. The van der Waals surface area contributed by atoms with Gasteiger partial charge >= 0.3 is 0 Å². The van der Waals surface area contributed by atoms with E-state index in [0.717, 1.165) is 42.4 Å². The largest absolute Gasteiger partial charge is 0.352 e. The number of amides is 2. The second-order valence-electron chi connectivity index (χ2n) is 9.69. The van der Waals surface area contributed by atoms with Gasteiger partial charge in [-0.15, -0.1) is 11.8 Å². The molecule has 1 aliphatic carbocycles. The first-order valence-corrected chi connectivity index (χ1v) is 15.6. The van der Waals surface area contributed by atoms with Crippen LogP contribution < -0.4 is 5.32 Å². The van der Waals surface area contributed by atoms with Crippen molar-refractivity contribution in [1.29, 1.82) is 0 Å². The minimum Gasteiger partial charge on any atom is -0.352 e. The van der Waals surface area contributed by atoms with E-state index in [1.165, 1.54) is 11.8 Å². The molecule has 0 saturated heterocycles. The first-order valence-electron chi connectivity index (χ1n) is 12.9. The van der Waals surface area contributed by atoms with E-state index in [9.17, 15) is 9.59 Å². The molecule has 1 N–H and O–H groups in total. The van der Waals surface area contributed by atoms with Gasteiger partial charge in [-0.25, -0.2) is 0 Å². The molecule has 1 aliphatic rings. The second-order valence-corrected chi connectivity index (χ2v) is 12.3. The van der Waals surface area contributed by atoms with Crippen LogP contribution in [0.25, 0.3) is 0 Å². The van der Waals surface area contributed by atoms with Crippen molar-refractivity contribution in [3.63, 3.8) is 0 Å². The number of benzene rings is 3. The van der Waals surface area contributed by atoms with Gasteiger partial charge in [0.05, 0.1) is 15.8 Å². The minimum atomic E-state index is -0.685. The molecule has 0 unspecified atom stereocenters. The summed E-state index contributed by atoms with van der Waals surface area (Å²) in [5.41, 5.74) is 2.68. The average Bonchev–Trinajstić information content (AvgIpc) is 3.43. The van der Waals surface area contributed by atoms with Crippen LogP contribution in [0, 0.1) is 0 Å². The molecule has 0 bridgehead atoms. The number of carbonyl (C=O) groups excluding carboxylic acids is 2. The smallest absolute Gasteiger partial charge is 0.243 e. The molecule has 1 saturated carbocycles. The molecule has 9 heteroatoms. The van der Waals surface area contributed by atoms with Crippen molar-refractivity contribution in [1.82, 2.24) is 10.2 Å². The highest BCUT2D eigenvalue weighted by Gasteiger charge is 2.32. The standard InChI is InChI=1S/C30H30Cl4N2O2S/c31-23-12-11-22(26(33)16-23)18-39-19-29(37)36(17-21-10-13-25(32)27(34)14-21)28(15-20-6-2-1-3-7-20)30(38)35-24-8-4-5-9-24/h1-3,6-7,10-14,16,24,28H,4-5,8-9,15,17-19H2,(H,35,38)/t28-/m1/s1. The van der Waals surface area contributed by atoms with Crippen molar-refractivity contribution in [2.75, 3.05) is 5.75 Å². The van der Waals surface area contributed by atoms with Crippen LogP contribution >= 0.6 is 58.2 Å². The van der Waals surface area contributed by atoms with Gasteiger partial charge in [-0.1, -0.05) is 102 Å². The minimum absolute atomic E-state index is 0.134. The summed E-state index contributed by atoms with van der Waals surface area (Å²) in [6, 6.07) is 19.9. The highest BCUT2D eigenvalue weighted by molar-refractivity contribution is 7.99. The maximum atomic E-state index is 13.8. The van der Waals surface area contributed by atoms with Gasteiger partial charge in [-0.05, 0) is 53.8 Å². The lowest BCUT2D eigenvalue weighted by Crippen LogP contribution is -2.52. The molecule has 4 rings (SSSR count). The summed E-state index contributed by atoms with van der Waals surface area (Å²) in [6.45, 7) is 0.230. The van der Waals surface area contributed by atoms with E-state index in [1.807, 2.05) is 42.5 Å². The molecule has 0 heterocycles. The Bertz CT molecular complexity index is 1290. The number of nitrogens with zero attached hydrogens (tertiary/aromatic N) is 1. The van der Waals surface area contributed by atoms with Crippen molar-refractivity contribution < 1.29 is 9.59 Å². The maximum Gasteiger partial charge on any atom is 0.243 e. The molecule has 3 aromatic carbocycles. The zero-order valence-electron chi connectivity index (χ0n) is 21.3. The number of nitrogens with one attached hydrogen (secondary N) is 1. The Labute approximate surface area is 254 Å². The van der Waals surface area contributed by atoms with E-state index < -0.39 is 6.04 Å². The van der Waals surface area contributed by atoms with Crippen LogP contribution in [0.5, 0.6) is 0 Å². The van der Waals surface area contributed by atoms with Crippen LogP contribution in [0.15, 0.2) is 66.7 Å². The SMILES string of the molecule is O=C(NC1CCCC1)[C@@H](Cc1ccccc1)N(Cc1ccc(Cl)c(Cl)c1)C(=O)CSCc1ccc(Cl)cc1Cl. The summed E-state index contributed by atoms with van der Waals surface area (Å²) < 4.78 is 0. The molecular weight excluding hydrogens is 594 g/mol. The Morgan fingerprint density at radius 1 is 0.872 bits per heavy atom. The Morgan fingerprint density at radius 2 is 1.62 bits per heavy atom. The fraction of sp³-hybridized carbons (Fsp3) is 0.333. The van der Waals surface area contributed by atoms with E-state index in [4.69, 9.17) is 46.4 Å². The van der Waals surface area contributed by atoms with Crippen LogP contribution in [-0.4, -0.2) is 34.6 Å². The van der Waals surface area contributed by atoms with Gasteiger partial charge in [0.15, 0.2) is 0 Å². The first kappa shape index (κ1) is 30.1. The average molecular weight is 624 g/mol. The molecule has 0 aromatic heterocycles. The molecule has 4 nitrogen and oxygen atoms in total. The zero-order chi connectivity index (χ0) is 27.8. The van der Waals surface area contributed by atoms with E-state index in [2.05, 4.69) is 5.32 Å². The molecule has 0 spiro atoms. The molecule has 1 atom stereocenters.